The van der Waals surface area contributed by atoms with Crippen LogP contribution in [0.4, 0.5) is 0 Å². The molecule has 0 radical (unpaired) electrons. The fraction of sp³-hybridized carbons (Fsp3) is 0.900. The summed E-state index contributed by atoms with van der Waals surface area (Å²) in [5.74, 6) is 0. The topological polar surface area (TPSA) is 59.9 Å². The molecule has 0 aliphatic rings. The molecule has 0 aromatic carbocycles. The Hall–Kier alpha value is -0.360. The molecule has 0 amide bonds. The maximum absolute atomic E-state index is 8.52. The molecule has 0 rings (SSSR count). The number of aliphatic imine (C=N–C) groups is 1. The van der Waals surface area contributed by atoms with Gasteiger partial charge in [0.05, 0.1) is 12.9 Å². The van der Waals surface area contributed by atoms with E-state index in [1.54, 1.807) is 0 Å². The van der Waals surface area contributed by atoms with Crippen LogP contribution in [0.2, 0.25) is 0 Å². The Bertz CT molecular complexity index is 211. The first-order chi connectivity index (χ1) is 7.49. The second-order valence-electron chi connectivity index (χ2n) is 3.89. The highest BCUT2D eigenvalue weighted by atomic mass is 35.5. The fourth-order valence-corrected chi connectivity index (χ4v) is 1.30. The second-order valence-corrected chi connectivity index (χ2v) is 4.23. The third-order valence-electron chi connectivity index (χ3n) is 2.22. The molecule has 0 saturated heterocycles. The maximum Gasteiger partial charge on any atom is 0.195 e. The Morgan fingerprint density at radius 3 is 2.50 bits per heavy atom. The summed E-state index contributed by atoms with van der Waals surface area (Å²) < 4.78 is 0. The van der Waals surface area contributed by atoms with Gasteiger partial charge in [0.1, 0.15) is 0 Å². The zero-order chi connectivity index (χ0) is 12.6. The maximum atomic E-state index is 8.52. The van der Waals surface area contributed by atoms with Crippen molar-refractivity contribution in [3.63, 3.8) is 0 Å². The lowest BCUT2D eigenvalue weighted by Gasteiger charge is -2.22. The van der Waals surface area contributed by atoms with Crippen LogP contribution >= 0.6 is 11.6 Å². The van der Waals surface area contributed by atoms with E-state index in [9.17, 15) is 0 Å². The highest BCUT2D eigenvalue weighted by molar-refractivity contribution is 6.64. The number of hydrogen-bond donors (Lipinski definition) is 3. The molecule has 6 heteroatoms. The monoisotopic (exact) mass is 250 g/mol. The van der Waals surface area contributed by atoms with E-state index < -0.39 is 0 Å². The van der Waals surface area contributed by atoms with Gasteiger partial charge in [0.25, 0.3) is 0 Å². The number of aliphatic hydroxyl groups is 1. The van der Waals surface area contributed by atoms with Gasteiger partial charge >= 0.3 is 0 Å². The summed E-state index contributed by atoms with van der Waals surface area (Å²) in [6.07, 6.45) is -0.0332. The summed E-state index contributed by atoms with van der Waals surface area (Å²) >= 11 is 6.04. The van der Waals surface area contributed by atoms with Crippen LogP contribution in [-0.2, 0) is 0 Å². The minimum Gasteiger partial charge on any atom is -0.381 e. The van der Waals surface area contributed by atoms with Gasteiger partial charge in [-0.05, 0) is 32.4 Å². The van der Waals surface area contributed by atoms with Crippen LogP contribution in [0.25, 0.3) is 0 Å². The first-order valence-electron chi connectivity index (χ1n) is 5.50. The zero-order valence-electron chi connectivity index (χ0n) is 10.5. The zero-order valence-corrected chi connectivity index (χ0v) is 11.3. The molecule has 16 heavy (non-hydrogen) atoms. The van der Waals surface area contributed by atoms with Crippen LogP contribution in [0, 0.1) is 0 Å². The van der Waals surface area contributed by atoms with Crippen LogP contribution in [0.5, 0.6) is 0 Å². The summed E-state index contributed by atoms with van der Waals surface area (Å²) in [5.41, 5.74) is 0. The van der Waals surface area contributed by atoms with Crippen molar-refractivity contribution in [1.29, 1.82) is 0 Å². The van der Waals surface area contributed by atoms with Crippen LogP contribution < -0.4 is 10.6 Å². The average Bonchev–Trinajstić information content (AvgIpc) is 2.23. The third kappa shape index (κ3) is 7.00. The van der Waals surface area contributed by atoms with Crippen molar-refractivity contribution in [3.05, 3.63) is 0 Å². The number of nitrogens with zero attached hydrogens (tertiary/aromatic N) is 2. The van der Waals surface area contributed by atoms with Gasteiger partial charge in [-0.1, -0.05) is 0 Å². The van der Waals surface area contributed by atoms with Crippen molar-refractivity contribution in [2.24, 2.45) is 4.99 Å². The highest BCUT2D eigenvalue weighted by Gasteiger charge is 2.08. The molecule has 96 valence electrons. The predicted molar refractivity (Wildman–Crippen MR) is 68.7 cm³/mol. The van der Waals surface area contributed by atoms with Crippen molar-refractivity contribution in [3.8, 4) is 0 Å². The second kappa shape index (κ2) is 8.75. The van der Waals surface area contributed by atoms with Gasteiger partial charge in [-0.25, -0.2) is 4.99 Å². The molecule has 0 saturated carbocycles. The van der Waals surface area contributed by atoms with Gasteiger partial charge < -0.3 is 10.0 Å². The average molecular weight is 251 g/mol. The number of hydrogen-bond acceptors (Lipinski definition) is 4. The fourth-order valence-electron chi connectivity index (χ4n) is 0.958. The van der Waals surface area contributed by atoms with E-state index in [1.165, 1.54) is 0 Å². The number of aliphatic hydroxyl groups excluding tert-OH is 1. The molecule has 1 unspecified atom stereocenters. The van der Waals surface area contributed by atoms with Gasteiger partial charge in [-0.3, -0.25) is 10.6 Å². The Morgan fingerprint density at radius 1 is 1.38 bits per heavy atom. The Labute approximate surface area is 103 Å². The summed E-state index contributed by atoms with van der Waals surface area (Å²) in [6, 6.07) is 0.333. The minimum absolute atomic E-state index is 0.00380. The van der Waals surface area contributed by atoms with E-state index in [-0.39, 0.29) is 12.9 Å². The molecule has 0 aromatic heterocycles. The van der Waals surface area contributed by atoms with Gasteiger partial charge in [0.15, 0.2) is 5.29 Å². The summed E-state index contributed by atoms with van der Waals surface area (Å²) in [4.78, 5) is 6.21. The van der Waals surface area contributed by atoms with Crippen molar-refractivity contribution < 1.29 is 5.11 Å². The van der Waals surface area contributed by atoms with Gasteiger partial charge in [0, 0.05) is 26.2 Å². The van der Waals surface area contributed by atoms with Crippen LogP contribution in [0.15, 0.2) is 4.99 Å². The standard InChI is InChI=1S/C10H23ClN4O/c1-8(2)15(4)10(11)14-9(3)13-6-5-12-7-16/h8-9,12-13,16H,5-7H2,1-4H3/b14-10-. The number of rotatable bonds is 7. The van der Waals surface area contributed by atoms with Crippen LogP contribution in [0.3, 0.4) is 0 Å². The van der Waals surface area contributed by atoms with E-state index in [0.717, 1.165) is 6.54 Å². The molecule has 0 bridgehead atoms. The Kier molecular flexibility index (Phi) is 8.56. The third-order valence-corrected chi connectivity index (χ3v) is 2.58. The highest BCUT2D eigenvalue weighted by Crippen LogP contribution is 2.01. The summed E-state index contributed by atoms with van der Waals surface area (Å²) in [6.45, 7) is 7.49. The Balaban J connectivity index is 3.91. The SMILES string of the molecule is CC(/N=C(/Cl)N(C)C(C)C)NCCNCO. The summed E-state index contributed by atoms with van der Waals surface area (Å²) in [7, 11) is 1.91. The first-order valence-corrected chi connectivity index (χ1v) is 5.88. The molecule has 0 aromatic rings. The van der Waals surface area contributed by atoms with E-state index in [4.69, 9.17) is 16.7 Å². The number of nitrogens with one attached hydrogen (secondary N) is 2. The largest absolute Gasteiger partial charge is 0.381 e. The van der Waals surface area contributed by atoms with Gasteiger partial charge in [0.2, 0.25) is 0 Å². The van der Waals surface area contributed by atoms with Gasteiger partial charge in [-0.15, -0.1) is 0 Å². The van der Waals surface area contributed by atoms with Crippen LogP contribution in [0.1, 0.15) is 20.8 Å². The number of amidine groups is 1. The molecular weight excluding hydrogens is 228 g/mol. The van der Waals surface area contributed by atoms with Crippen molar-refractivity contribution in [2.45, 2.75) is 33.0 Å². The normalized spacial score (nSPS) is 14.3. The van der Waals surface area contributed by atoms with E-state index >= 15 is 0 Å². The summed E-state index contributed by atoms with van der Waals surface area (Å²) in [5, 5.41) is 15.0. The van der Waals surface area contributed by atoms with Crippen LogP contribution in [-0.4, -0.2) is 54.4 Å². The molecule has 0 aliphatic heterocycles. The molecular formula is C10H23ClN4O. The molecule has 0 spiro atoms. The molecule has 5 nitrogen and oxygen atoms in total. The van der Waals surface area contributed by atoms with E-state index in [2.05, 4.69) is 29.5 Å². The van der Waals surface area contributed by atoms with E-state index in [0.29, 0.717) is 17.9 Å². The van der Waals surface area contributed by atoms with Crippen molar-refractivity contribution in [1.82, 2.24) is 15.5 Å². The predicted octanol–water partition coefficient (Wildman–Crippen LogP) is 0.396. The number of halogens is 1. The molecule has 1 atom stereocenters. The lowest BCUT2D eigenvalue weighted by molar-refractivity contribution is 0.260. The first kappa shape index (κ1) is 15.6. The molecule has 0 aliphatic carbocycles. The minimum atomic E-state index is -0.0332. The Morgan fingerprint density at radius 2 is 2.00 bits per heavy atom. The lowest BCUT2D eigenvalue weighted by atomic mass is 10.4. The molecule has 0 heterocycles. The smallest absolute Gasteiger partial charge is 0.195 e. The van der Waals surface area contributed by atoms with Gasteiger partial charge in [-0.2, -0.15) is 0 Å². The quantitative estimate of drug-likeness (QED) is 0.201. The lowest BCUT2D eigenvalue weighted by Crippen LogP contribution is -2.35. The van der Waals surface area contributed by atoms with Crippen molar-refractivity contribution in [2.75, 3.05) is 26.9 Å². The van der Waals surface area contributed by atoms with Crippen molar-refractivity contribution >= 4 is 16.9 Å². The van der Waals surface area contributed by atoms with E-state index in [1.807, 2.05) is 18.9 Å². The molecule has 3 N–H and O–H groups in total. The molecule has 0 fully saturated rings.